The van der Waals surface area contributed by atoms with Crippen LogP contribution in [0.1, 0.15) is 19.8 Å². The van der Waals surface area contributed by atoms with Gasteiger partial charge in [0.05, 0.1) is 18.3 Å². The number of aromatic hydroxyl groups is 1. The van der Waals surface area contributed by atoms with Gasteiger partial charge < -0.3 is 15.3 Å². The number of anilines is 1. The van der Waals surface area contributed by atoms with Gasteiger partial charge in [0.15, 0.2) is 0 Å². The number of rotatable bonds is 5. The average molecular weight is 328 g/mol. The molecule has 1 amide bonds. The van der Waals surface area contributed by atoms with E-state index in [1.54, 1.807) is 6.07 Å². The second kappa shape index (κ2) is 6.70. The van der Waals surface area contributed by atoms with Gasteiger partial charge in [-0.3, -0.25) is 9.69 Å². The Balaban J connectivity index is 1.50. The molecule has 0 bridgehead atoms. The van der Waals surface area contributed by atoms with E-state index in [0.29, 0.717) is 12.5 Å². The monoisotopic (exact) mass is 328 g/mol. The molecule has 24 heavy (non-hydrogen) atoms. The lowest BCUT2D eigenvalue weighted by atomic mass is 9.98. The van der Waals surface area contributed by atoms with Gasteiger partial charge in [-0.05, 0) is 37.8 Å². The Hall–Kier alpha value is -2.26. The van der Waals surface area contributed by atoms with Gasteiger partial charge in [0, 0.05) is 26.2 Å². The molecule has 128 valence electrons. The molecule has 1 heterocycles. The molecule has 1 saturated carbocycles. The number of nitrogens with one attached hydrogen (secondary N) is 1. The predicted molar refractivity (Wildman–Crippen MR) is 91.6 cm³/mol. The number of phenols is 1. The van der Waals surface area contributed by atoms with Crippen LogP contribution in [0.3, 0.4) is 0 Å². The molecule has 1 aliphatic carbocycles. The summed E-state index contributed by atoms with van der Waals surface area (Å²) in [6.07, 6.45) is 2.03. The van der Waals surface area contributed by atoms with Crippen LogP contribution in [-0.4, -0.2) is 54.2 Å². The number of benzene rings is 1. The minimum atomic E-state index is -0.727. The summed E-state index contributed by atoms with van der Waals surface area (Å²) in [7, 11) is 0. The van der Waals surface area contributed by atoms with Crippen molar-refractivity contribution in [3.63, 3.8) is 0 Å². The van der Waals surface area contributed by atoms with E-state index in [-0.39, 0.29) is 11.7 Å². The van der Waals surface area contributed by atoms with Crippen molar-refractivity contribution in [2.45, 2.75) is 25.3 Å². The van der Waals surface area contributed by atoms with Crippen molar-refractivity contribution in [3.05, 3.63) is 24.3 Å². The van der Waals surface area contributed by atoms with Crippen LogP contribution in [0, 0.1) is 17.2 Å². The maximum absolute atomic E-state index is 12.3. The lowest BCUT2D eigenvalue weighted by Crippen LogP contribution is -2.53. The fraction of sp³-hybridized carbons (Fsp3) is 0.556. The SMILES string of the molecule is CC(C#N)(NC(=O)CN1CCN(c2ccccc2O)CC1)C1CC1. The Morgan fingerprint density at radius 2 is 2.00 bits per heavy atom. The molecular weight excluding hydrogens is 304 g/mol. The highest BCUT2D eigenvalue weighted by atomic mass is 16.3. The number of hydrogen-bond acceptors (Lipinski definition) is 5. The normalized spacial score (nSPS) is 20.9. The number of hydrogen-bond donors (Lipinski definition) is 2. The highest BCUT2D eigenvalue weighted by Crippen LogP contribution is 2.39. The zero-order valence-electron chi connectivity index (χ0n) is 14.0. The highest BCUT2D eigenvalue weighted by Gasteiger charge is 2.43. The van der Waals surface area contributed by atoms with Gasteiger partial charge in [-0.1, -0.05) is 12.1 Å². The summed E-state index contributed by atoms with van der Waals surface area (Å²) in [5.74, 6) is 0.504. The molecule has 2 N–H and O–H groups in total. The molecule has 2 aliphatic rings. The molecular formula is C18H24N4O2. The molecule has 3 rings (SSSR count). The van der Waals surface area contributed by atoms with Gasteiger partial charge in [0.1, 0.15) is 11.3 Å². The van der Waals surface area contributed by atoms with Crippen LogP contribution in [0.4, 0.5) is 5.69 Å². The molecule has 1 saturated heterocycles. The Bertz CT molecular complexity index is 645. The lowest BCUT2D eigenvalue weighted by Gasteiger charge is -2.36. The van der Waals surface area contributed by atoms with Crippen LogP contribution >= 0.6 is 0 Å². The number of piperazine rings is 1. The largest absolute Gasteiger partial charge is 0.506 e. The lowest BCUT2D eigenvalue weighted by molar-refractivity contribution is -0.123. The number of nitrogens with zero attached hydrogens (tertiary/aromatic N) is 3. The van der Waals surface area contributed by atoms with E-state index in [2.05, 4.69) is 21.2 Å². The standard InChI is InChI=1S/C18H24N4O2/c1-18(13-19,14-6-7-14)20-17(24)12-21-8-10-22(11-9-21)15-4-2-3-5-16(15)23/h2-5,14,23H,6-12H2,1H3,(H,20,24). The summed E-state index contributed by atoms with van der Waals surface area (Å²) >= 11 is 0. The van der Waals surface area contributed by atoms with Gasteiger partial charge in [0.2, 0.25) is 5.91 Å². The number of phenolic OH excluding ortho intramolecular Hbond substituents is 1. The van der Waals surface area contributed by atoms with E-state index in [9.17, 15) is 15.2 Å². The Labute approximate surface area is 142 Å². The fourth-order valence-electron chi connectivity index (χ4n) is 3.29. The third-order valence-electron chi connectivity index (χ3n) is 4.99. The summed E-state index contributed by atoms with van der Waals surface area (Å²) in [4.78, 5) is 16.5. The van der Waals surface area contributed by atoms with Crippen molar-refractivity contribution in [2.24, 2.45) is 5.92 Å². The molecule has 0 spiro atoms. The Kier molecular flexibility index (Phi) is 4.63. The first-order chi connectivity index (χ1) is 11.5. The van der Waals surface area contributed by atoms with Gasteiger partial charge in [-0.15, -0.1) is 0 Å². The van der Waals surface area contributed by atoms with Crippen molar-refractivity contribution < 1.29 is 9.90 Å². The van der Waals surface area contributed by atoms with E-state index in [1.165, 1.54) is 0 Å². The number of nitriles is 1. The van der Waals surface area contributed by atoms with Crippen LogP contribution in [0.25, 0.3) is 0 Å². The Morgan fingerprint density at radius 3 is 2.58 bits per heavy atom. The topological polar surface area (TPSA) is 79.6 Å². The summed E-state index contributed by atoms with van der Waals surface area (Å²) in [5.41, 5.74) is 0.113. The zero-order valence-corrected chi connectivity index (χ0v) is 14.0. The van der Waals surface area contributed by atoms with Crippen molar-refractivity contribution in [1.82, 2.24) is 10.2 Å². The number of carbonyl (C=O) groups excluding carboxylic acids is 1. The van der Waals surface area contributed by atoms with Crippen LogP contribution in [0.2, 0.25) is 0 Å². The molecule has 2 fully saturated rings. The van der Waals surface area contributed by atoms with Crippen molar-refractivity contribution in [1.29, 1.82) is 5.26 Å². The van der Waals surface area contributed by atoms with Crippen LogP contribution in [0.15, 0.2) is 24.3 Å². The van der Waals surface area contributed by atoms with Crippen molar-refractivity contribution in [3.8, 4) is 11.8 Å². The predicted octanol–water partition coefficient (Wildman–Crippen LogP) is 1.32. The maximum Gasteiger partial charge on any atom is 0.235 e. The van der Waals surface area contributed by atoms with Crippen LogP contribution in [-0.2, 0) is 4.79 Å². The first-order valence-electron chi connectivity index (χ1n) is 8.49. The third-order valence-corrected chi connectivity index (χ3v) is 4.99. The van der Waals surface area contributed by atoms with Gasteiger partial charge in [-0.25, -0.2) is 0 Å². The second-order valence-corrected chi connectivity index (χ2v) is 6.89. The van der Waals surface area contributed by atoms with Crippen molar-refractivity contribution in [2.75, 3.05) is 37.6 Å². The van der Waals surface area contributed by atoms with Crippen LogP contribution < -0.4 is 10.2 Å². The fourth-order valence-corrected chi connectivity index (χ4v) is 3.29. The molecule has 0 aromatic heterocycles. The third kappa shape index (κ3) is 3.62. The maximum atomic E-state index is 12.3. The summed E-state index contributed by atoms with van der Waals surface area (Å²) < 4.78 is 0. The molecule has 1 aliphatic heterocycles. The molecule has 6 heteroatoms. The molecule has 1 unspecified atom stereocenters. The minimum absolute atomic E-state index is 0.0815. The highest BCUT2D eigenvalue weighted by molar-refractivity contribution is 5.79. The first kappa shape index (κ1) is 16.6. The molecule has 1 aromatic carbocycles. The molecule has 1 atom stereocenters. The summed E-state index contributed by atoms with van der Waals surface area (Å²) in [6.45, 7) is 5.19. The molecule has 0 radical (unpaired) electrons. The van der Waals surface area contributed by atoms with E-state index in [1.807, 2.05) is 25.1 Å². The van der Waals surface area contributed by atoms with E-state index < -0.39 is 5.54 Å². The van der Waals surface area contributed by atoms with E-state index in [4.69, 9.17) is 0 Å². The number of carbonyl (C=O) groups is 1. The quantitative estimate of drug-likeness (QED) is 0.852. The van der Waals surface area contributed by atoms with Gasteiger partial charge in [0.25, 0.3) is 0 Å². The van der Waals surface area contributed by atoms with Gasteiger partial charge in [-0.2, -0.15) is 5.26 Å². The average Bonchev–Trinajstić information content (AvgIpc) is 3.41. The van der Waals surface area contributed by atoms with Crippen LogP contribution in [0.5, 0.6) is 5.75 Å². The zero-order chi connectivity index (χ0) is 17.2. The van der Waals surface area contributed by atoms with E-state index >= 15 is 0 Å². The number of para-hydroxylation sites is 2. The first-order valence-corrected chi connectivity index (χ1v) is 8.49. The van der Waals surface area contributed by atoms with Crippen molar-refractivity contribution >= 4 is 11.6 Å². The van der Waals surface area contributed by atoms with E-state index in [0.717, 1.165) is 44.7 Å². The molecule has 1 aromatic rings. The summed E-state index contributed by atoms with van der Waals surface area (Å²) in [6, 6.07) is 9.58. The van der Waals surface area contributed by atoms with Gasteiger partial charge >= 0.3 is 0 Å². The second-order valence-electron chi connectivity index (χ2n) is 6.89. The smallest absolute Gasteiger partial charge is 0.235 e. The number of amides is 1. The Morgan fingerprint density at radius 1 is 1.33 bits per heavy atom. The minimum Gasteiger partial charge on any atom is -0.506 e. The molecule has 6 nitrogen and oxygen atoms in total. The summed E-state index contributed by atoms with van der Waals surface area (Å²) in [5, 5.41) is 22.2.